The Morgan fingerprint density at radius 2 is 1.89 bits per heavy atom. The molecule has 9 nitrogen and oxygen atoms in total. The summed E-state index contributed by atoms with van der Waals surface area (Å²) in [7, 11) is 3.16. The molecule has 36 heavy (non-hydrogen) atoms. The summed E-state index contributed by atoms with van der Waals surface area (Å²) in [4.78, 5) is 27.7. The highest BCUT2D eigenvalue weighted by atomic mass is 32.1. The normalized spacial score (nSPS) is 14.9. The Balaban J connectivity index is 1.21. The number of methoxy groups -OCH3 is 1. The average Bonchev–Trinajstić information content (AvgIpc) is 3.39. The molecule has 1 aliphatic rings. The number of hydrogen-bond donors (Lipinski definition) is 2. The lowest BCUT2D eigenvalue weighted by Crippen LogP contribution is -2.43. The van der Waals surface area contributed by atoms with Crippen molar-refractivity contribution in [2.45, 2.75) is 32.0 Å². The van der Waals surface area contributed by atoms with E-state index in [0.717, 1.165) is 55.4 Å². The summed E-state index contributed by atoms with van der Waals surface area (Å²) in [5, 5.41) is 7.04. The predicted molar refractivity (Wildman–Crippen MR) is 142 cm³/mol. The lowest BCUT2D eigenvalue weighted by molar-refractivity contribution is 0.0964. The van der Waals surface area contributed by atoms with Crippen LogP contribution in [-0.4, -0.2) is 64.0 Å². The van der Waals surface area contributed by atoms with Gasteiger partial charge in [0.1, 0.15) is 16.8 Å². The molecular formula is C26H30N6O3S. The minimum Gasteiger partial charge on any atom is -0.497 e. The molecule has 2 aromatic carbocycles. The van der Waals surface area contributed by atoms with E-state index in [1.54, 1.807) is 18.7 Å². The zero-order valence-corrected chi connectivity index (χ0v) is 21.3. The van der Waals surface area contributed by atoms with Crippen LogP contribution < -0.4 is 20.9 Å². The van der Waals surface area contributed by atoms with Crippen LogP contribution in [0.25, 0.3) is 21.9 Å². The van der Waals surface area contributed by atoms with Crippen LogP contribution in [0.2, 0.25) is 0 Å². The molecule has 0 spiro atoms. The molecule has 1 fully saturated rings. The molecule has 1 saturated heterocycles. The van der Waals surface area contributed by atoms with Crippen molar-refractivity contribution in [1.82, 2.24) is 28.8 Å². The summed E-state index contributed by atoms with van der Waals surface area (Å²) in [6, 6.07) is 13.6. The van der Waals surface area contributed by atoms with E-state index in [-0.39, 0.29) is 11.5 Å². The van der Waals surface area contributed by atoms with Crippen molar-refractivity contribution < 1.29 is 9.53 Å². The van der Waals surface area contributed by atoms with Crippen molar-refractivity contribution in [2.24, 2.45) is 0 Å². The Labute approximate surface area is 213 Å². The van der Waals surface area contributed by atoms with Gasteiger partial charge in [-0.25, -0.2) is 0 Å². The molecule has 1 aliphatic heterocycles. The number of pyridine rings is 1. The largest absolute Gasteiger partial charge is 0.497 e. The molecule has 3 heterocycles. The summed E-state index contributed by atoms with van der Waals surface area (Å²) in [5.74, 6) is 0.383. The van der Waals surface area contributed by atoms with Crippen molar-refractivity contribution in [3.8, 4) is 5.75 Å². The van der Waals surface area contributed by atoms with Crippen molar-refractivity contribution in [3.63, 3.8) is 0 Å². The van der Waals surface area contributed by atoms with Gasteiger partial charge in [-0.05, 0) is 55.8 Å². The summed E-state index contributed by atoms with van der Waals surface area (Å²) < 4.78 is 15.7. The SMILES string of the molecule is CNC(=O)c1cc(=O)n(CCN2CCC(NCc3ccc4nsnc4c3)CC2)c2cc(OC)ccc12. The van der Waals surface area contributed by atoms with Crippen LogP contribution in [0.15, 0.2) is 47.3 Å². The van der Waals surface area contributed by atoms with Crippen LogP contribution in [-0.2, 0) is 13.1 Å². The lowest BCUT2D eigenvalue weighted by atomic mass is 10.0. The number of carbonyl (C=O) groups is 1. The molecule has 5 rings (SSSR count). The Kier molecular flexibility index (Phi) is 7.26. The van der Waals surface area contributed by atoms with Crippen molar-refractivity contribution in [3.05, 3.63) is 63.9 Å². The van der Waals surface area contributed by atoms with E-state index >= 15 is 0 Å². The van der Waals surface area contributed by atoms with Gasteiger partial charge in [-0.1, -0.05) is 6.07 Å². The first-order valence-corrected chi connectivity index (χ1v) is 12.9. The zero-order chi connectivity index (χ0) is 25.1. The lowest BCUT2D eigenvalue weighted by Gasteiger charge is -2.32. The number of aromatic nitrogens is 3. The quantitative estimate of drug-likeness (QED) is 0.379. The third-order valence-corrected chi connectivity index (χ3v) is 7.49. The number of rotatable bonds is 8. The molecule has 0 bridgehead atoms. The van der Waals surface area contributed by atoms with Crippen LogP contribution >= 0.6 is 11.7 Å². The highest BCUT2D eigenvalue weighted by Gasteiger charge is 2.20. The summed E-state index contributed by atoms with van der Waals surface area (Å²) in [5.41, 5.74) is 4.04. The number of ether oxygens (including phenoxy) is 1. The first-order chi connectivity index (χ1) is 17.6. The standard InChI is InChI=1S/C26H30N6O3S/c1-27-26(34)21-15-25(33)32(24-14-19(35-2)4-5-20(21)24)12-11-31-9-7-18(8-10-31)28-16-17-3-6-22-23(13-17)30-36-29-22/h3-6,13-15,18,28H,7-12,16H2,1-2H3,(H,27,34). The van der Waals surface area contributed by atoms with Crippen molar-refractivity contribution in [1.29, 1.82) is 0 Å². The van der Waals surface area contributed by atoms with Gasteiger partial charge in [0.2, 0.25) is 0 Å². The van der Waals surface area contributed by atoms with E-state index in [2.05, 4.69) is 36.4 Å². The van der Waals surface area contributed by atoms with Gasteiger partial charge in [-0.2, -0.15) is 8.75 Å². The fourth-order valence-corrected chi connectivity index (χ4v) is 5.36. The third-order valence-electron chi connectivity index (χ3n) is 6.93. The number of carbonyl (C=O) groups excluding carboxylic acids is 1. The molecule has 188 valence electrons. The predicted octanol–water partition coefficient (Wildman–Crippen LogP) is 2.63. The Morgan fingerprint density at radius 3 is 2.67 bits per heavy atom. The number of benzene rings is 2. The highest BCUT2D eigenvalue weighted by Crippen LogP contribution is 2.23. The fourth-order valence-electron chi connectivity index (χ4n) is 4.84. The Morgan fingerprint density at radius 1 is 1.08 bits per heavy atom. The molecule has 2 N–H and O–H groups in total. The van der Waals surface area contributed by atoms with E-state index in [9.17, 15) is 9.59 Å². The summed E-state index contributed by atoms with van der Waals surface area (Å²) >= 11 is 1.25. The summed E-state index contributed by atoms with van der Waals surface area (Å²) in [6.07, 6.45) is 2.11. The zero-order valence-electron chi connectivity index (χ0n) is 20.5. The van der Waals surface area contributed by atoms with Gasteiger partial charge in [0.15, 0.2) is 0 Å². The monoisotopic (exact) mass is 506 g/mol. The molecule has 0 aliphatic carbocycles. The Bertz CT molecular complexity index is 1440. The van der Waals surface area contributed by atoms with E-state index < -0.39 is 0 Å². The molecule has 4 aromatic rings. The number of piperidine rings is 1. The van der Waals surface area contributed by atoms with Crippen molar-refractivity contribution >= 4 is 39.6 Å². The maximum absolute atomic E-state index is 13.0. The van der Waals surface area contributed by atoms with Gasteiger partial charge in [0.25, 0.3) is 11.5 Å². The Hall–Kier alpha value is -3.34. The second-order valence-electron chi connectivity index (χ2n) is 9.09. The maximum Gasteiger partial charge on any atom is 0.251 e. The first kappa shape index (κ1) is 24.4. The van der Waals surface area contributed by atoms with E-state index in [0.29, 0.717) is 29.4 Å². The molecular weight excluding hydrogens is 476 g/mol. The fraction of sp³-hybridized carbons (Fsp3) is 0.385. The number of hydrogen-bond acceptors (Lipinski definition) is 8. The second kappa shape index (κ2) is 10.7. The molecule has 0 radical (unpaired) electrons. The first-order valence-electron chi connectivity index (χ1n) is 12.2. The van der Waals surface area contributed by atoms with Gasteiger partial charge in [0, 0.05) is 50.2 Å². The number of nitrogens with zero attached hydrogens (tertiary/aromatic N) is 4. The second-order valence-corrected chi connectivity index (χ2v) is 9.62. The van der Waals surface area contributed by atoms with Gasteiger partial charge in [0.05, 0.1) is 29.9 Å². The van der Waals surface area contributed by atoms with E-state index in [1.807, 2.05) is 24.3 Å². The topological polar surface area (TPSA) is 101 Å². The molecule has 0 unspecified atom stereocenters. The molecule has 1 amide bonds. The smallest absolute Gasteiger partial charge is 0.251 e. The third kappa shape index (κ3) is 5.11. The molecule has 0 atom stereocenters. The average molecular weight is 507 g/mol. The van der Waals surface area contributed by atoms with Crippen LogP contribution in [0.1, 0.15) is 28.8 Å². The molecule has 2 aromatic heterocycles. The van der Waals surface area contributed by atoms with Gasteiger partial charge in [-0.15, -0.1) is 0 Å². The van der Waals surface area contributed by atoms with Crippen LogP contribution in [0.4, 0.5) is 0 Å². The number of fused-ring (bicyclic) bond motifs is 2. The molecule has 0 saturated carbocycles. The van der Waals surface area contributed by atoms with Crippen molar-refractivity contribution in [2.75, 3.05) is 33.8 Å². The summed E-state index contributed by atoms with van der Waals surface area (Å²) in [6.45, 7) is 4.08. The van der Waals surface area contributed by atoms with E-state index in [4.69, 9.17) is 4.74 Å². The van der Waals surface area contributed by atoms with E-state index in [1.165, 1.54) is 23.4 Å². The van der Waals surface area contributed by atoms with Crippen LogP contribution in [0.3, 0.4) is 0 Å². The van der Waals surface area contributed by atoms with Gasteiger partial charge >= 0.3 is 0 Å². The number of likely N-dealkylation sites (tertiary alicyclic amines) is 1. The maximum atomic E-state index is 13.0. The van der Waals surface area contributed by atoms with Crippen LogP contribution in [0, 0.1) is 0 Å². The number of nitrogens with one attached hydrogen (secondary N) is 2. The van der Waals surface area contributed by atoms with Crippen LogP contribution in [0.5, 0.6) is 5.75 Å². The van der Waals surface area contributed by atoms with Gasteiger partial charge < -0.3 is 24.8 Å². The number of amides is 1. The minimum atomic E-state index is -0.271. The van der Waals surface area contributed by atoms with Gasteiger partial charge in [-0.3, -0.25) is 9.59 Å². The highest BCUT2D eigenvalue weighted by molar-refractivity contribution is 7.00. The minimum absolute atomic E-state index is 0.182. The molecule has 10 heteroatoms.